The average Bonchev–Trinajstić information content (AvgIpc) is 2.25. The van der Waals surface area contributed by atoms with Crippen molar-refractivity contribution in [3.63, 3.8) is 0 Å². The largest absolute Gasteiger partial charge is 0.480 e. The highest BCUT2D eigenvalue weighted by atomic mass is 16.4. The van der Waals surface area contributed by atoms with E-state index in [0.717, 1.165) is 0 Å². The Kier molecular flexibility index (Phi) is 6.83. The van der Waals surface area contributed by atoms with Crippen molar-refractivity contribution in [1.29, 1.82) is 0 Å². The zero-order valence-corrected chi connectivity index (χ0v) is 9.26. The first-order chi connectivity index (χ1) is 7.84. The van der Waals surface area contributed by atoms with Crippen molar-refractivity contribution in [3.05, 3.63) is 0 Å². The number of aliphatic carboxylic acids is 2. The second kappa shape index (κ2) is 7.58. The first-order valence-electron chi connectivity index (χ1n) is 5.08. The summed E-state index contributed by atoms with van der Waals surface area (Å²) in [5.41, 5.74) is 10.7. The Morgan fingerprint density at radius 1 is 1.06 bits per heavy atom. The standard InChI is InChI=1S/C9H17N3O5/c10-5(8(15)12-4-7(13)14)2-1-3-6(11)9(16)17/h5-6H,1-4,10-11H2,(H,12,15)(H,13,14)(H,16,17)/t5-,6?/m1/s1. The lowest BCUT2D eigenvalue weighted by Crippen LogP contribution is -2.42. The zero-order chi connectivity index (χ0) is 13.4. The van der Waals surface area contributed by atoms with E-state index >= 15 is 0 Å². The van der Waals surface area contributed by atoms with Gasteiger partial charge in [-0.25, -0.2) is 0 Å². The van der Waals surface area contributed by atoms with Gasteiger partial charge in [-0.15, -0.1) is 0 Å². The Morgan fingerprint density at radius 2 is 1.59 bits per heavy atom. The van der Waals surface area contributed by atoms with E-state index < -0.39 is 36.5 Å². The SMILES string of the molecule is NC(CCC[C@@H](N)C(=O)NCC(=O)O)C(=O)O. The molecule has 0 aliphatic heterocycles. The van der Waals surface area contributed by atoms with Crippen LogP contribution in [-0.2, 0) is 14.4 Å². The molecule has 0 bridgehead atoms. The molecule has 8 heteroatoms. The van der Waals surface area contributed by atoms with Crippen molar-refractivity contribution in [2.45, 2.75) is 31.3 Å². The fraction of sp³-hybridized carbons (Fsp3) is 0.667. The molecule has 1 amide bonds. The smallest absolute Gasteiger partial charge is 0.322 e. The van der Waals surface area contributed by atoms with Crippen LogP contribution in [0, 0.1) is 0 Å². The first-order valence-corrected chi connectivity index (χ1v) is 5.08. The summed E-state index contributed by atoms with van der Waals surface area (Å²) in [6.07, 6.45) is 0.858. The quantitative estimate of drug-likeness (QED) is 0.335. The number of carboxylic acid groups (broad SMARTS) is 2. The lowest BCUT2D eigenvalue weighted by molar-refractivity contribution is -0.139. The van der Waals surface area contributed by atoms with E-state index in [-0.39, 0.29) is 12.8 Å². The van der Waals surface area contributed by atoms with Gasteiger partial charge in [0, 0.05) is 0 Å². The Morgan fingerprint density at radius 3 is 2.06 bits per heavy atom. The maximum atomic E-state index is 11.2. The molecule has 0 aromatic heterocycles. The molecule has 0 saturated carbocycles. The van der Waals surface area contributed by atoms with Gasteiger partial charge in [0.1, 0.15) is 12.6 Å². The van der Waals surface area contributed by atoms with Crippen LogP contribution in [0.25, 0.3) is 0 Å². The van der Waals surface area contributed by atoms with E-state index in [1.165, 1.54) is 0 Å². The number of hydrogen-bond acceptors (Lipinski definition) is 5. The highest BCUT2D eigenvalue weighted by molar-refractivity contribution is 5.84. The molecule has 0 aromatic carbocycles. The molecule has 0 aromatic rings. The van der Waals surface area contributed by atoms with Crippen LogP contribution in [0.4, 0.5) is 0 Å². The van der Waals surface area contributed by atoms with Crippen LogP contribution in [-0.4, -0.2) is 46.7 Å². The molecule has 2 atom stereocenters. The van der Waals surface area contributed by atoms with Crippen LogP contribution >= 0.6 is 0 Å². The molecule has 0 aliphatic carbocycles. The molecule has 0 aliphatic rings. The van der Waals surface area contributed by atoms with Gasteiger partial charge in [0.2, 0.25) is 5.91 Å². The summed E-state index contributed by atoms with van der Waals surface area (Å²) in [7, 11) is 0. The summed E-state index contributed by atoms with van der Waals surface area (Å²) in [6.45, 7) is -0.485. The molecule has 0 heterocycles. The van der Waals surface area contributed by atoms with Crippen LogP contribution in [0.15, 0.2) is 0 Å². The number of rotatable bonds is 8. The third-order valence-corrected chi connectivity index (χ3v) is 2.10. The topological polar surface area (TPSA) is 156 Å². The Balaban J connectivity index is 3.78. The van der Waals surface area contributed by atoms with Gasteiger partial charge in [-0.1, -0.05) is 0 Å². The second-order valence-corrected chi connectivity index (χ2v) is 3.59. The van der Waals surface area contributed by atoms with Crippen molar-refractivity contribution in [2.24, 2.45) is 11.5 Å². The Bertz CT molecular complexity index is 294. The highest BCUT2D eigenvalue weighted by Crippen LogP contribution is 2.02. The minimum absolute atomic E-state index is 0.218. The van der Waals surface area contributed by atoms with E-state index in [2.05, 4.69) is 5.32 Å². The first kappa shape index (κ1) is 15.3. The van der Waals surface area contributed by atoms with Crippen molar-refractivity contribution in [2.75, 3.05) is 6.54 Å². The van der Waals surface area contributed by atoms with Crippen LogP contribution in [0.1, 0.15) is 19.3 Å². The third-order valence-electron chi connectivity index (χ3n) is 2.10. The fourth-order valence-electron chi connectivity index (χ4n) is 1.11. The Labute approximate surface area is 98.0 Å². The van der Waals surface area contributed by atoms with E-state index in [4.69, 9.17) is 21.7 Å². The predicted octanol–water partition coefficient (Wildman–Crippen LogP) is -1.90. The van der Waals surface area contributed by atoms with Crippen LogP contribution in [0.3, 0.4) is 0 Å². The number of amides is 1. The van der Waals surface area contributed by atoms with Crippen LogP contribution in [0.5, 0.6) is 0 Å². The normalized spacial score (nSPS) is 13.8. The van der Waals surface area contributed by atoms with Crippen LogP contribution in [0.2, 0.25) is 0 Å². The number of hydrogen-bond donors (Lipinski definition) is 5. The van der Waals surface area contributed by atoms with Crippen molar-refractivity contribution in [1.82, 2.24) is 5.32 Å². The maximum absolute atomic E-state index is 11.2. The molecule has 0 fully saturated rings. The number of nitrogens with one attached hydrogen (secondary N) is 1. The van der Waals surface area contributed by atoms with Crippen molar-refractivity contribution < 1.29 is 24.6 Å². The number of carbonyl (C=O) groups excluding carboxylic acids is 1. The van der Waals surface area contributed by atoms with Crippen LogP contribution < -0.4 is 16.8 Å². The molecule has 98 valence electrons. The zero-order valence-electron chi connectivity index (χ0n) is 9.26. The lowest BCUT2D eigenvalue weighted by Gasteiger charge is -2.11. The number of carboxylic acids is 2. The van der Waals surface area contributed by atoms with Gasteiger partial charge in [-0.2, -0.15) is 0 Å². The number of nitrogens with two attached hydrogens (primary N) is 2. The van der Waals surface area contributed by atoms with E-state index in [9.17, 15) is 14.4 Å². The van der Waals surface area contributed by atoms with Gasteiger partial charge in [0.15, 0.2) is 0 Å². The third kappa shape index (κ3) is 7.25. The van der Waals surface area contributed by atoms with Gasteiger partial charge in [-0.3, -0.25) is 14.4 Å². The van der Waals surface area contributed by atoms with E-state index in [1.807, 2.05) is 0 Å². The van der Waals surface area contributed by atoms with E-state index in [0.29, 0.717) is 6.42 Å². The minimum atomic E-state index is -1.15. The predicted molar refractivity (Wildman–Crippen MR) is 58.1 cm³/mol. The summed E-state index contributed by atoms with van der Waals surface area (Å²) in [6, 6.07) is -1.82. The molecule has 0 saturated heterocycles. The molecule has 0 rings (SSSR count). The Hall–Kier alpha value is -1.67. The van der Waals surface area contributed by atoms with Gasteiger partial charge in [-0.05, 0) is 19.3 Å². The fourth-order valence-corrected chi connectivity index (χ4v) is 1.11. The van der Waals surface area contributed by atoms with Crippen molar-refractivity contribution in [3.8, 4) is 0 Å². The molecular weight excluding hydrogens is 230 g/mol. The van der Waals surface area contributed by atoms with Gasteiger partial charge in [0.05, 0.1) is 6.04 Å². The summed E-state index contributed by atoms with van der Waals surface area (Å²) in [5.74, 6) is -2.83. The molecule has 8 nitrogen and oxygen atoms in total. The maximum Gasteiger partial charge on any atom is 0.322 e. The lowest BCUT2D eigenvalue weighted by atomic mass is 10.1. The second-order valence-electron chi connectivity index (χ2n) is 3.59. The summed E-state index contributed by atoms with van der Waals surface area (Å²) >= 11 is 0. The van der Waals surface area contributed by atoms with Gasteiger partial charge < -0.3 is 27.0 Å². The molecule has 1 unspecified atom stereocenters. The molecule has 0 radical (unpaired) electrons. The summed E-state index contributed by atoms with van der Waals surface area (Å²) in [4.78, 5) is 31.8. The number of carbonyl (C=O) groups is 3. The molecule has 17 heavy (non-hydrogen) atoms. The average molecular weight is 247 g/mol. The molecular formula is C9H17N3O5. The summed E-state index contributed by atoms with van der Waals surface area (Å²) in [5, 5.41) is 18.9. The molecule has 0 spiro atoms. The van der Waals surface area contributed by atoms with Crippen molar-refractivity contribution >= 4 is 17.8 Å². The van der Waals surface area contributed by atoms with Gasteiger partial charge in [0.25, 0.3) is 0 Å². The van der Waals surface area contributed by atoms with E-state index in [1.54, 1.807) is 0 Å². The monoisotopic (exact) mass is 247 g/mol. The molecule has 7 N–H and O–H groups in total. The van der Waals surface area contributed by atoms with Gasteiger partial charge >= 0.3 is 11.9 Å². The minimum Gasteiger partial charge on any atom is -0.480 e. The summed E-state index contributed by atoms with van der Waals surface area (Å²) < 4.78 is 0. The highest BCUT2D eigenvalue weighted by Gasteiger charge is 2.16.